The Hall–Kier alpha value is -4.75. The van der Waals surface area contributed by atoms with E-state index in [1.54, 1.807) is 92.1 Å². The van der Waals surface area contributed by atoms with E-state index in [0.29, 0.717) is 12.0 Å². The second kappa shape index (κ2) is 33.9. The van der Waals surface area contributed by atoms with Crippen LogP contribution in [0.15, 0.2) is 109 Å². The summed E-state index contributed by atoms with van der Waals surface area (Å²) in [4.78, 5) is 38.8. The first-order valence-electron chi connectivity index (χ1n) is 27.5. The number of anilines is 1. The summed E-state index contributed by atoms with van der Waals surface area (Å²) in [7, 11) is 1.78. The van der Waals surface area contributed by atoms with Gasteiger partial charge in [-0.3, -0.25) is 14.4 Å². The van der Waals surface area contributed by atoms with Crippen molar-refractivity contribution in [3.63, 3.8) is 0 Å². The highest BCUT2D eigenvalue weighted by Crippen LogP contribution is 2.38. The number of hydrogen-bond donors (Lipinski definition) is 13. The number of rotatable bonds is 11. The summed E-state index contributed by atoms with van der Waals surface area (Å²) in [6, 6.07) is 5.82. The van der Waals surface area contributed by atoms with Crippen molar-refractivity contribution < 1.29 is 89.5 Å². The van der Waals surface area contributed by atoms with E-state index >= 15 is 0 Å². The van der Waals surface area contributed by atoms with Gasteiger partial charge in [-0.05, 0) is 88.5 Å². The molecule has 20 nitrogen and oxygen atoms in total. The van der Waals surface area contributed by atoms with E-state index in [2.05, 4.69) is 5.32 Å². The Bertz CT molecular complexity index is 2220. The smallest absolute Gasteiger partial charge is 0.311 e. The number of aliphatic hydroxyl groups excluding tert-OH is 9. The molecule has 20 heteroatoms. The number of carbonyl (C=O) groups is 3. The second-order valence-electron chi connectivity index (χ2n) is 21.4. The number of esters is 1. The minimum absolute atomic E-state index is 0.0782. The van der Waals surface area contributed by atoms with Crippen LogP contribution in [0.2, 0.25) is 0 Å². The van der Waals surface area contributed by atoms with Crippen molar-refractivity contribution in [3.8, 4) is 0 Å². The predicted molar refractivity (Wildman–Crippen MR) is 295 cm³/mol. The largest absolute Gasteiger partial charge is 0.481 e. The van der Waals surface area contributed by atoms with Crippen molar-refractivity contribution >= 4 is 23.4 Å². The van der Waals surface area contributed by atoms with E-state index in [0.717, 1.165) is 5.69 Å². The fourth-order valence-electron chi connectivity index (χ4n) is 10.1. The van der Waals surface area contributed by atoms with Crippen LogP contribution in [0.1, 0.15) is 115 Å². The summed E-state index contributed by atoms with van der Waals surface area (Å²) >= 11 is 0. The summed E-state index contributed by atoms with van der Waals surface area (Å²) < 4.78 is 23.8. The van der Waals surface area contributed by atoms with Gasteiger partial charge in [0.05, 0.1) is 79.6 Å². The fourth-order valence-corrected chi connectivity index (χ4v) is 10.1. The number of nitrogens with one attached hydrogen (secondary N) is 1. The molecule has 0 amide bonds. The van der Waals surface area contributed by atoms with Crippen molar-refractivity contribution in [1.82, 2.24) is 0 Å². The number of carboxylic acid groups (broad SMARTS) is 1. The highest BCUT2D eigenvalue weighted by atomic mass is 16.7. The van der Waals surface area contributed by atoms with Crippen LogP contribution in [0.3, 0.4) is 0 Å². The molecule has 3 heterocycles. The van der Waals surface area contributed by atoms with Crippen molar-refractivity contribution in [1.29, 1.82) is 0 Å². The number of nitrogens with two attached hydrogens (primary N) is 1. The number of aliphatic carboxylic acids is 1. The average Bonchev–Trinajstić information content (AvgIpc) is 3.40. The van der Waals surface area contributed by atoms with Crippen molar-refractivity contribution in [2.75, 3.05) is 12.4 Å². The van der Waals surface area contributed by atoms with Gasteiger partial charge in [-0.25, -0.2) is 0 Å². The lowest BCUT2D eigenvalue weighted by Crippen LogP contribution is -2.61. The zero-order valence-electron chi connectivity index (χ0n) is 45.8. The lowest BCUT2D eigenvalue weighted by atomic mass is 9.82. The number of cyclic esters (lactones) is 1. The molecular formula is C59H88N2O18. The number of Topliss-reactive ketones (excluding diaryl/α,β-unsaturated/α-hetero) is 1. The Labute approximate surface area is 463 Å². The van der Waals surface area contributed by atoms with Gasteiger partial charge < -0.3 is 86.2 Å². The normalized spacial score (nSPS) is 38.3. The van der Waals surface area contributed by atoms with Crippen LogP contribution < -0.4 is 11.1 Å². The maximum Gasteiger partial charge on any atom is 0.311 e. The van der Waals surface area contributed by atoms with Crippen LogP contribution in [0.4, 0.5) is 5.69 Å². The molecule has 14 N–H and O–H groups in total. The third kappa shape index (κ3) is 23.3. The predicted octanol–water partition coefficient (Wildman–Crippen LogP) is 3.57. The maximum atomic E-state index is 13.3. The lowest BCUT2D eigenvalue weighted by molar-refractivity contribution is -0.308. The number of benzene rings is 1. The number of aliphatic hydroxyl groups is 10. The van der Waals surface area contributed by atoms with Gasteiger partial charge in [0.1, 0.15) is 18.1 Å². The van der Waals surface area contributed by atoms with E-state index in [9.17, 15) is 70.6 Å². The monoisotopic (exact) mass is 1110 g/mol. The lowest BCUT2D eigenvalue weighted by Gasteiger charge is -2.45. The van der Waals surface area contributed by atoms with Gasteiger partial charge >= 0.3 is 11.9 Å². The van der Waals surface area contributed by atoms with E-state index in [-0.39, 0.29) is 75.4 Å². The van der Waals surface area contributed by atoms with Crippen LogP contribution in [0, 0.1) is 17.8 Å². The molecular weight excluding hydrogens is 1020 g/mol. The SMILES string of the molecule is CNc1ccc(C(=O)CC(O)CCC(C)C2OC(=O)CC(O)CC(O)CCCC(O)CC(O)CC(O)CC3(O)CC(O)C(C(=O)O)C(CC(OC4O[C@H](C)[C@@H](O)[C@H](N)[C@@H]4O)\C=C/C=C/C=C/C=C/C=C\C=C/C=C/C2C)O3)cc1. The molecule has 3 aliphatic heterocycles. The van der Waals surface area contributed by atoms with Crippen LogP contribution in [-0.2, 0) is 28.5 Å². The van der Waals surface area contributed by atoms with Crippen molar-refractivity contribution in [2.24, 2.45) is 23.5 Å². The molecule has 2 fully saturated rings. The number of hydrogen-bond acceptors (Lipinski definition) is 19. The first kappa shape index (κ1) is 66.8. The molecule has 1 aromatic carbocycles. The van der Waals surface area contributed by atoms with Crippen LogP contribution >= 0.6 is 0 Å². The summed E-state index contributed by atoms with van der Waals surface area (Å²) in [5.74, 6) is -6.77. The third-order valence-electron chi connectivity index (χ3n) is 14.5. The molecule has 15 unspecified atom stereocenters. The van der Waals surface area contributed by atoms with E-state index in [4.69, 9.17) is 24.7 Å². The van der Waals surface area contributed by atoms with E-state index < -0.39 is 135 Å². The molecule has 2 saturated heterocycles. The molecule has 19 atom stereocenters. The minimum Gasteiger partial charge on any atom is -0.481 e. The summed E-state index contributed by atoms with van der Waals surface area (Å²) in [5, 5.41) is 122. The van der Waals surface area contributed by atoms with Gasteiger partial charge in [-0.2, -0.15) is 0 Å². The topological polar surface area (TPSA) is 349 Å². The van der Waals surface area contributed by atoms with E-state index in [1.165, 1.54) is 13.0 Å². The average molecular weight is 1110 g/mol. The fraction of sp³-hybridized carbons (Fsp3) is 0.610. The Morgan fingerprint density at radius 1 is 0.747 bits per heavy atom. The van der Waals surface area contributed by atoms with Crippen LogP contribution in [0.5, 0.6) is 0 Å². The molecule has 0 aliphatic carbocycles. The van der Waals surface area contributed by atoms with Crippen LogP contribution in [0.25, 0.3) is 0 Å². The Morgan fingerprint density at radius 2 is 1.30 bits per heavy atom. The minimum atomic E-state index is -2.29. The number of carboxylic acids is 1. The molecule has 0 aromatic heterocycles. The molecule has 442 valence electrons. The zero-order valence-corrected chi connectivity index (χ0v) is 45.8. The van der Waals surface area contributed by atoms with Crippen LogP contribution in [-0.4, -0.2) is 178 Å². The molecule has 0 saturated carbocycles. The van der Waals surface area contributed by atoms with Crippen molar-refractivity contribution in [2.45, 2.75) is 202 Å². The Morgan fingerprint density at radius 3 is 1.89 bits per heavy atom. The number of carbonyl (C=O) groups excluding carboxylic acids is 2. The third-order valence-corrected chi connectivity index (χ3v) is 14.5. The summed E-state index contributed by atoms with van der Waals surface area (Å²) in [6.07, 6.45) is 6.09. The molecule has 1 aromatic rings. The number of ketones is 1. The number of allylic oxidation sites excluding steroid dienone is 12. The van der Waals surface area contributed by atoms with Crippen molar-refractivity contribution in [3.05, 3.63) is 115 Å². The Balaban J connectivity index is 1.52. The molecule has 4 rings (SSSR count). The highest BCUT2D eigenvalue weighted by molar-refractivity contribution is 5.96. The second-order valence-corrected chi connectivity index (χ2v) is 21.4. The van der Waals surface area contributed by atoms with E-state index in [1.807, 2.05) is 32.1 Å². The number of fused-ring (bicyclic) bond motifs is 2. The molecule has 3 aliphatic rings. The maximum absolute atomic E-state index is 13.3. The first-order valence-corrected chi connectivity index (χ1v) is 27.5. The van der Waals surface area contributed by atoms with Gasteiger partial charge in [0.15, 0.2) is 17.9 Å². The van der Waals surface area contributed by atoms with Gasteiger partial charge in [-0.15, -0.1) is 0 Å². The quantitative estimate of drug-likeness (QED) is 0.111. The molecule has 0 radical (unpaired) electrons. The summed E-state index contributed by atoms with van der Waals surface area (Å²) in [5.41, 5.74) is 7.39. The standard InChI is InChI=1S/C59H88N2O18/c1-36-18-15-13-11-9-7-5-6-8-10-12-14-16-21-47(77-58-55(72)53(60)54(71)38(3)76-58)33-50-52(57(73)74)49(69)35-59(75,79-50)34-46(67)30-44(65)28-41(62)19-17-20-42(63)29-45(66)32-51(70)78-56(36)37(2)22-27-43(64)31-48(68)39-23-25-40(61-4)26-24-39/h5-16,18,21,23-26,36-38,41-47,49-50,52-56,58,61-67,69,71-72,75H,17,19-20,22,27-35,60H2,1-4H3,(H,73,74)/b6-5+,9-7-,10-8+,13-11-,14-12+,18-15+,21-16-/t36?,37?,38-,41?,42?,43?,44?,45?,46?,47?,49?,50?,52?,53+,54-,55+,56?,58?,59?/m1/s1. The number of ether oxygens (including phenoxy) is 4. The van der Waals surface area contributed by atoms with Gasteiger partial charge in [0.2, 0.25) is 0 Å². The highest BCUT2D eigenvalue weighted by Gasteiger charge is 2.51. The van der Waals surface area contributed by atoms with Gasteiger partial charge in [0, 0.05) is 49.9 Å². The summed E-state index contributed by atoms with van der Waals surface area (Å²) in [6.45, 7) is 5.31. The first-order chi connectivity index (χ1) is 37.5. The Kier molecular flexibility index (Phi) is 28.6. The molecule has 2 bridgehead atoms. The molecule has 0 spiro atoms. The van der Waals surface area contributed by atoms with Gasteiger partial charge in [0.25, 0.3) is 0 Å². The van der Waals surface area contributed by atoms with Gasteiger partial charge in [-0.1, -0.05) is 98.9 Å². The zero-order chi connectivity index (χ0) is 58.2. The molecule has 79 heavy (non-hydrogen) atoms.